The zero-order valence-corrected chi connectivity index (χ0v) is 16.3. The largest absolute Gasteiger partial charge is 0.256 e. The zero-order chi connectivity index (χ0) is 21.7. The monoisotopic (exact) mass is 410 g/mol. The molecule has 0 saturated heterocycles. The molecule has 0 saturated carbocycles. The molecule has 0 atom stereocenters. The summed E-state index contributed by atoms with van der Waals surface area (Å²) in [5, 5.41) is 0. The lowest BCUT2D eigenvalue weighted by Gasteiger charge is -2.03. The maximum Gasteiger partial charge on any atom is 0.135 e. The maximum atomic E-state index is 13.4. The first-order chi connectivity index (χ1) is 14.3. The molecule has 4 aromatic rings. The van der Waals surface area contributed by atoms with E-state index in [9.17, 15) is 17.6 Å². The van der Waals surface area contributed by atoms with Crippen molar-refractivity contribution in [3.63, 3.8) is 0 Å². The molecule has 0 unspecified atom stereocenters. The topological polar surface area (TPSA) is 25.8 Å². The summed E-state index contributed by atoms with van der Waals surface area (Å²) >= 11 is 0. The van der Waals surface area contributed by atoms with Crippen molar-refractivity contribution in [2.75, 3.05) is 0 Å². The fourth-order valence-electron chi connectivity index (χ4n) is 2.76. The summed E-state index contributed by atoms with van der Waals surface area (Å²) in [5.41, 5.74) is 3.66. The number of halogens is 4. The Morgan fingerprint density at radius 1 is 0.533 bits per heavy atom. The Hall–Kier alpha value is -3.54. The third kappa shape index (κ3) is 5.29. The fraction of sp³-hybridized carbons (Fsp3) is 0.0833. The van der Waals surface area contributed by atoms with Gasteiger partial charge in [0.1, 0.15) is 23.3 Å². The lowest BCUT2D eigenvalue weighted by atomic mass is 10.1. The van der Waals surface area contributed by atoms with Gasteiger partial charge in [0.05, 0.1) is 11.4 Å². The summed E-state index contributed by atoms with van der Waals surface area (Å²) < 4.78 is 52.1. The molecule has 0 aliphatic carbocycles. The first-order valence-electron chi connectivity index (χ1n) is 9.09. The van der Waals surface area contributed by atoms with Crippen LogP contribution < -0.4 is 0 Å². The van der Waals surface area contributed by atoms with Gasteiger partial charge in [0, 0.05) is 35.7 Å². The second-order valence-corrected chi connectivity index (χ2v) is 6.69. The van der Waals surface area contributed by atoms with Gasteiger partial charge >= 0.3 is 0 Å². The van der Waals surface area contributed by atoms with Gasteiger partial charge in [0.2, 0.25) is 0 Å². The van der Waals surface area contributed by atoms with Crippen LogP contribution in [0.3, 0.4) is 0 Å². The molecular formula is C24H18F4N2. The standard InChI is InChI=1S/2C12H9F2N/c2*1-8-4-5-15-12(6-8)10-3-2-9(13)7-11(10)14/h2*2-7H,1H3. The molecule has 0 bridgehead atoms. The molecule has 2 heterocycles. The van der Waals surface area contributed by atoms with E-state index in [2.05, 4.69) is 9.97 Å². The lowest BCUT2D eigenvalue weighted by molar-refractivity contribution is 0.584. The Labute approximate surface area is 171 Å². The minimum absolute atomic E-state index is 0.320. The van der Waals surface area contributed by atoms with E-state index in [0.717, 1.165) is 23.3 Å². The molecule has 0 fully saturated rings. The third-order valence-electron chi connectivity index (χ3n) is 4.25. The summed E-state index contributed by atoms with van der Waals surface area (Å²) in [6.07, 6.45) is 3.21. The van der Waals surface area contributed by atoms with Gasteiger partial charge in [-0.1, -0.05) is 0 Å². The Bertz CT molecular complexity index is 1080. The Kier molecular flexibility index (Phi) is 6.57. The van der Waals surface area contributed by atoms with Crippen molar-refractivity contribution in [1.29, 1.82) is 0 Å². The summed E-state index contributed by atoms with van der Waals surface area (Å²) in [7, 11) is 0. The zero-order valence-electron chi connectivity index (χ0n) is 16.3. The van der Waals surface area contributed by atoms with Crippen molar-refractivity contribution in [1.82, 2.24) is 9.97 Å². The van der Waals surface area contributed by atoms with E-state index >= 15 is 0 Å². The number of benzene rings is 2. The number of pyridine rings is 2. The van der Waals surface area contributed by atoms with E-state index in [4.69, 9.17) is 0 Å². The van der Waals surface area contributed by atoms with Crippen molar-refractivity contribution in [3.8, 4) is 22.5 Å². The third-order valence-corrected chi connectivity index (χ3v) is 4.25. The molecule has 2 nitrogen and oxygen atoms in total. The van der Waals surface area contributed by atoms with E-state index in [1.54, 1.807) is 24.5 Å². The predicted molar refractivity (Wildman–Crippen MR) is 109 cm³/mol. The van der Waals surface area contributed by atoms with Crippen LogP contribution in [0.5, 0.6) is 0 Å². The van der Waals surface area contributed by atoms with Crippen LogP contribution in [0.15, 0.2) is 73.1 Å². The first-order valence-corrected chi connectivity index (χ1v) is 9.09. The average Bonchev–Trinajstić information content (AvgIpc) is 2.68. The number of rotatable bonds is 2. The molecule has 4 rings (SSSR count). The number of hydrogen-bond acceptors (Lipinski definition) is 2. The van der Waals surface area contributed by atoms with Crippen LogP contribution >= 0.6 is 0 Å². The molecule has 30 heavy (non-hydrogen) atoms. The second kappa shape index (κ2) is 9.31. The lowest BCUT2D eigenvalue weighted by Crippen LogP contribution is -1.89. The van der Waals surface area contributed by atoms with Gasteiger partial charge in [-0.3, -0.25) is 9.97 Å². The van der Waals surface area contributed by atoms with Gasteiger partial charge in [-0.2, -0.15) is 0 Å². The van der Waals surface area contributed by atoms with Crippen molar-refractivity contribution in [2.45, 2.75) is 13.8 Å². The summed E-state index contributed by atoms with van der Waals surface area (Å²) in [6, 6.07) is 14.1. The number of hydrogen-bond donors (Lipinski definition) is 0. The molecule has 2 aromatic carbocycles. The predicted octanol–water partition coefficient (Wildman–Crippen LogP) is 6.67. The second-order valence-electron chi connectivity index (χ2n) is 6.69. The van der Waals surface area contributed by atoms with E-state index in [1.165, 1.54) is 24.3 Å². The van der Waals surface area contributed by atoms with Crippen LogP contribution in [-0.2, 0) is 0 Å². The van der Waals surface area contributed by atoms with Crippen LogP contribution in [-0.4, -0.2) is 9.97 Å². The van der Waals surface area contributed by atoms with Crippen molar-refractivity contribution in [3.05, 3.63) is 107 Å². The molecule has 0 aliphatic heterocycles. The maximum absolute atomic E-state index is 13.4. The van der Waals surface area contributed by atoms with Crippen LogP contribution in [0.25, 0.3) is 22.5 Å². The average molecular weight is 410 g/mol. The van der Waals surface area contributed by atoms with Crippen molar-refractivity contribution < 1.29 is 17.6 Å². The van der Waals surface area contributed by atoms with Gasteiger partial charge in [-0.15, -0.1) is 0 Å². The highest BCUT2D eigenvalue weighted by Crippen LogP contribution is 2.22. The minimum atomic E-state index is -0.590. The highest BCUT2D eigenvalue weighted by Gasteiger charge is 2.08. The highest BCUT2D eigenvalue weighted by molar-refractivity contribution is 5.61. The molecular weight excluding hydrogens is 392 g/mol. The van der Waals surface area contributed by atoms with Gasteiger partial charge in [-0.25, -0.2) is 17.6 Å². The van der Waals surface area contributed by atoms with E-state index in [0.29, 0.717) is 22.5 Å². The van der Waals surface area contributed by atoms with Crippen molar-refractivity contribution >= 4 is 0 Å². The van der Waals surface area contributed by atoms with E-state index < -0.39 is 23.3 Å². The molecule has 0 aliphatic rings. The Balaban J connectivity index is 0.000000171. The van der Waals surface area contributed by atoms with Crippen LogP contribution in [0.1, 0.15) is 11.1 Å². The summed E-state index contributed by atoms with van der Waals surface area (Å²) in [4.78, 5) is 8.08. The Morgan fingerprint density at radius 3 is 1.27 bits per heavy atom. The SMILES string of the molecule is Cc1ccnc(-c2ccc(F)cc2F)c1.Cc1ccnc(-c2ccc(F)cc2F)c1. The highest BCUT2D eigenvalue weighted by atomic mass is 19.1. The first kappa shape index (κ1) is 21.2. The van der Waals surface area contributed by atoms with Crippen LogP contribution in [0.2, 0.25) is 0 Å². The van der Waals surface area contributed by atoms with E-state index in [1.807, 2.05) is 26.0 Å². The van der Waals surface area contributed by atoms with Crippen LogP contribution in [0.4, 0.5) is 17.6 Å². The molecule has 2 aromatic heterocycles. The minimum Gasteiger partial charge on any atom is -0.256 e. The molecule has 0 amide bonds. The van der Waals surface area contributed by atoms with Gasteiger partial charge in [0.25, 0.3) is 0 Å². The molecule has 0 N–H and O–H groups in total. The van der Waals surface area contributed by atoms with Gasteiger partial charge in [0.15, 0.2) is 0 Å². The Morgan fingerprint density at radius 2 is 0.933 bits per heavy atom. The molecule has 0 radical (unpaired) electrons. The number of nitrogens with zero attached hydrogens (tertiary/aromatic N) is 2. The normalized spacial score (nSPS) is 10.3. The van der Waals surface area contributed by atoms with Crippen molar-refractivity contribution in [2.24, 2.45) is 0 Å². The quantitative estimate of drug-likeness (QED) is 0.345. The molecule has 6 heteroatoms. The summed E-state index contributed by atoms with van der Waals surface area (Å²) in [5.74, 6) is -2.34. The number of aryl methyl sites for hydroxylation is 2. The van der Waals surface area contributed by atoms with Crippen LogP contribution in [0, 0.1) is 37.1 Å². The molecule has 152 valence electrons. The molecule has 0 spiro atoms. The van der Waals surface area contributed by atoms with Gasteiger partial charge < -0.3 is 0 Å². The number of aromatic nitrogens is 2. The summed E-state index contributed by atoms with van der Waals surface area (Å²) in [6.45, 7) is 3.79. The fourth-order valence-corrected chi connectivity index (χ4v) is 2.76. The van der Waals surface area contributed by atoms with Gasteiger partial charge in [-0.05, 0) is 73.5 Å². The smallest absolute Gasteiger partial charge is 0.135 e. The van der Waals surface area contributed by atoms with E-state index in [-0.39, 0.29) is 0 Å².